The van der Waals surface area contributed by atoms with Gasteiger partial charge in [-0.25, -0.2) is 0 Å². The summed E-state index contributed by atoms with van der Waals surface area (Å²) in [6.07, 6.45) is 11.1. The van der Waals surface area contributed by atoms with Gasteiger partial charge in [-0.05, 0) is 56.7 Å². The van der Waals surface area contributed by atoms with E-state index in [1.165, 1.54) is 44.2 Å². The summed E-state index contributed by atoms with van der Waals surface area (Å²) in [6.45, 7) is 7.61. The molecular weight excluding hydrogens is 222 g/mol. The van der Waals surface area contributed by atoms with Gasteiger partial charge in [0, 0.05) is 12.7 Å². The lowest BCUT2D eigenvalue weighted by molar-refractivity contribution is 0.229. The fourth-order valence-electron chi connectivity index (χ4n) is 3.14. The first-order chi connectivity index (χ1) is 8.83. The molecule has 102 valence electrons. The molecule has 3 heteroatoms. The van der Waals surface area contributed by atoms with E-state index >= 15 is 0 Å². The SMILES string of the molecule is CCNCC1CCCCC1Cc1cnn(CC)c1. The van der Waals surface area contributed by atoms with E-state index in [0.29, 0.717) is 0 Å². The smallest absolute Gasteiger partial charge is 0.0521 e. The van der Waals surface area contributed by atoms with Crippen molar-refractivity contribution in [3.05, 3.63) is 18.0 Å². The Morgan fingerprint density at radius 3 is 2.72 bits per heavy atom. The summed E-state index contributed by atoms with van der Waals surface area (Å²) < 4.78 is 2.04. The molecule has 0 amide bonds. The second kappa shape index (κ2) is 6.93. The number of hydrogen-bond acceptors (Lipinski definition) is 2. The molecule has 1 saturated carbocycles. The van der Waals surface area contributed by atoms with Crippen LogP contribution in [0.15, 0.2) is 12.4 Å². The van der Waals surface area contributed by atoms with Gasteiger partial charge in [0.15, 0.2) is 0 Å². The van der Waals surface area contributed by atoms with Crippen molar-refractivity contribution >= 4 is 0 Å². The first kappa shape index (κ1) is 13.6. The van der Waals surface area contributed by atoms with E-state index in [0.717, 1.165) is 24.9 Å². The topological polar surface area (TPSA) is 29.9 Å². The number of aryl methyl sites for hydroxylation is 1. The van der Waals surface area contributed by atoms with Crippen molar-refractivity contribution in [3.8, 4) is 0 Å². The van der Waals surface area contributed by atoms with Crippen molar-refractivity contribution in [2.24, 2.45) is 11.8 Å². The molecule has 2 atom stereocenters. The van der Waals surface area contributed by atoms with Gasteiger partial charge in [-0.2, -0.15) is 5.10 Å². The summed E-state index contributed by atoms with van der Waals surface area (Å²) in [4.78, 5) is 0. The van der Waals surface area contributed by atoms with E-state index in [9.17, 15) is 0 Å². The maximum absolute atomic E-state index is 4.39. The maximum Gasteiger partial charge on any atom is 0.0521 e. The lowest BCUT2D eigenvalue weighted by Crippen LogP contribution is -2.31. The highest BCUT2D eigenvalue weighted by Gasteiger charge is 2.25. The van der Waals surface area contributed by atoms with Gasteiger partial charge in [0.2, 0.25) is 0 Å². The Kier molecular flexibility index (Phi) is 5.24. The summed E-state index contributed by atoms with van der Waals surface area (Å²) in [5, 5.41) is 7.92. The monoisotopic (exact) mass is 249 g/mol. The van der Waals surface area contributed by atoms with Crippen LogP contribution < -0.4 is 5.32 Å². The van der Waals surface area contributed by atoms with Crippen molar-refractivity contribution < 1.29 is 0 Å². The minimum Gasteiger partial charge on any atom is -0.317 e. The Bertz CT molecular complexity index is 345. The largest absolute Gasteiger partial charge is 0.317 e. The van der Waals surface area contributed by atoms with Crippen LogP contribution in [0.5, 0.6) is 0 Å². The predicted molar refractivity (Wildman–Crippen MR) is 75.6 cm³/mol. The molecule has 2 unspecified atom stereocenters. The van der Waals surface area contributed by atoms with E-state index in [1.807, 2.05) is 4.68 Å². The standard InChI is InChI=1S/C15H27N3/c1-3-16-11-15-8-6-5-7-14(15)9-13-10-17-18(4-2)12-13/h10,12,14-16H,3-9,11H2,1-2H3. The maximum atomic E-state index is 4.39. The number of rotatable bonds is 6. The van der Waals surface area contributed by atoms with Crippen LogP contribution in [0.1, 0.15) is 45.1 Å². The van der Waals surface area contributed by atoms with Crippen molar-refractivity contribution in [2.75, 3.05) is 13.1 Å². The normalized spacial score (nSPS) is 24.3. The summed E-state index contributed by atoms with van der Waals surface area (Å²) in [7, 11) is 0. The minimum absolute atomic E-state index is 0.854. The van der Waals surface area contributed by atoms with Gasteiger partial charge in [-0.15, -0.1) is 0 Å². The lowest BCUT2D eigenvalue weighted by atomic mass is 9.76. The Labute approximate surface area is 111 Å². The Morgan fingerprint density at radius 1 is 1.28 bits per heavy atom. The fourth-order valence-corrected chi connectivity index (χ4v) is 3.14. The summed E-state index contributed by atoms with van der Waals surface area (Å²) in [5.74, 6) is 1.72. The molecule has 0 aromatic carbocycles. The summed E-state index contributed by atoms with van der Waals surface area (Å²) in [6, 6.07) is 0. The van der Waals surface area contributed by atoms with Crippen molar-refractivity contribution in [2.45, 2.75) is 52.5 Å². The van der Waals surface area contributed by atoms with Crippen LogP contribution in [0, 0.1) is 11.8 Å². The quantitative estimate of drug-likeness (QED) is 0.840. The molecule has 1 N–H and O–H groups in total. The fraction of sp³-hybridized carbons (Fsp3) is 0.800. The molecule has 0 saturated heterocycles. The molecule has 1 aromatic rings. The highest BCUT2D eigenvalue weighted by atomic mass is 15.3. The lowest BCUT2D eigenvalue weighted by Gasteiger charge is -2.31. The first-order valence-electron chi connectivity index (χ1n) is 7.55. The van der Waals surface area contributed by atoms with Gasteiger partial charge in [-0.1, -0.05) is 19.8 Å². The van der Waals surface area contributed by atoms with Gasteiger partial charge in [0.05, 0.1) is 6.20 Å². The van der Waals surface area contributed by atoms with Crippen LogP contribution in [0.25, 0.3) is 0 Å². The third kappa shape index (κ3) is 3.58. The van der Waals surface area contributed by atoms with E-state index in [-0.39, 0.29) is 0 Å². The van der Waals surface area contributed by atoms with Crippen LogP contribution in [0.4, 0.5) is 0 Å². The molecule has 2 rings (SSSR count). The Morgan fingerprint density at radius 2 is 2.06 bits per heavy atom. The van der Waals surface area contributed by atoms with Gasteiger partial charge in [0.1, 0.15) is 0 Å². The summed E-state index contributed by atoms with van der Waals surface area (Å²) >= 11 is 0. The van der Waals surface area contributed by atoms with Crippen molar-refractivity contribution in [1.29, 1.82) is 0 Å². The highest BCUT2D eigenvalue weighted by Crippen LogP contribution is 2.32. The van der Waals surface area contributed by atoms with Crippen LogP contribution in [0.2, 0.25) is 0 Å². The third-order valence-electron chi connectivity index (χ3n) is 4.23. The number of aromatic nitrogens is 2. The molecular formula is C15H27N3. The van der Waals surface area contributed by atoms with Crippen molar-refractivity contribution in [3.63, 3.8) is 0 Å². The number of hydrogen-bond donors (Lipinski definition) is 1. The summed E-state index contributed by atoms with van der Waals surface area (Å²) in [5.41, 5.74) is 1.42. The molecule has 1 aliphatic carbocycles. The number of nitrogens with one attached hydrogen (secondary N) is 1. The van der Waals surface area contributed by atoms with Crippen LogP contribution >= 0.6 is 0 Å². The zero-order valence-corrected chi connectivity index (χ0v) is 11.9. The van der Waals surface area contributed by atoms with E-state index in [2.05, 4.69) is 36.7 Å². The van der Waals surface area contributed by atoms with Gasteiger partial charge >= 0.3 is 0 Å². The average Bonchev–Trinajstić information content (AvgIpc) is 2.85. The van der Waals surface area contributed by atoms with Gasteiger partial charge < -0.3 is 5.32 Å². The van der Waals surface area contributed by atoms with Crippen LogP contribution in [0.3, 0.4) is 0 Å². The van der Waals surface area contributed by atoms with Gasteiger partial charge in [0.25, 0.3) is 0 Å². The molecule has 18 heavy (non-hydrogen) atoms. The Hall–Kier alpha value is -0.830. The molecule has 3 nitrogen and oxygen atoms in total. The van der Waals surface area contributed by atoms with E-state index in [4.69, 9.17) is 0 Å². The zero-order chi connectivity index (χ0) is 12.8. The average molecular weight is 249 g/mol. The predicted octanol–water partition coefficient (Wildman–Crippen LogP) is 2.86. The minimum atomic E-state index is 0.854. The highest BCUT2D eigenvalue weighted by molar-refractivity contribution is 5.06. The molecule has 0 aliphatic heterocycles. The molecule has 0 radical (unpaired) electrons. The molecule has 1 fully saturated rings. The van der Waals surface area contributed by atoms with E-state index in [1.54, 1.807) is 0 Å². The van der Waals surface area contributed by atoms with E-state index < -0.39 is 0 Å². The first-order valence-corrected chi connectivity index (χ1v) is 7.55. The zero-order valence-electron chi connectivity index (χ0n) is 11.9. The molecule has 1 aliphatic rings. The van der Waals surface area contributed by atoms with Crippen molar-refractivity contribution in [1.82, 2.24) is 15.1 Å². The second-order valence-corrected chi connectivity index (χ2v) is 5.52. The second-order valence-electron chi connectivity index (χ2n) is 5.52. The Balaban J connectivity index is 1.91. The van der Waals surface area contributed by atoms with Crippen LogP contribution in [-0.4, -0.2) is 22.9 Å². The number of nitrogens with zero attached hydrogens (tertiary/aromatic N) is 2. The third-order valence-corrected chi connectivity index (χ3v) is 4.23. The molecule has 0 bridgehead atoms. The molecule has 1 aromatic heterocycles. The molecule has 0 spiro atoms. The van der Waals surface area contributed by atoms with Gasteiger partial charge in [-0.3, -0.25) is 4.68 Å². The van der Waals surface area contributed by atoms with Crippen LogP contribution in [-0.2, 0) is 13.0 Å². The molecule has 1 heterocycles.